The van der Waals surface area contributed by atoms with Crippen LogP contribution in [0, 0.1) is 0 Å². The number of hydrogen-bond acceptors (Lipinski definition) is 5. The van der Waals surface area contributed by atoms with E-state index in [-0.39, 0.29) is 17.9 Å². The van der Waals surface area contributed by atoms with E-state index in [1.54, 1.807) is 23.9 Å². The molecule has 23 heavy (non-hydrogen) atoms. The van der Waals surface area contributed by atoms with Crippen molar-refractivity contribution in [2.24, 2.45) is 0 Å². The molecule has 0 saturated heterocycles. The Morgan fingerprint density at radius 1 is 1.48 bits per heavy atom. The van der Waals surface area contributed by atoms with Gasteiger partial charge in [-0.05, 0) is 12.1 Å². The second-order valence-electron chi connectivity index (χ2n) is 5.34. The van der Waals surface area contributed by atoms with E-state index < -0.39 is 0 Å². The summed E-state index contributed by atoms with van der Waals surface area (Å²) < 4.78 is 11.5. The number of nitrogens with zero attached hydrogens (tertiary/aromatic N) is 2. The number of carbonyl (C=O) groups is 2. The fourth-order valence-electron chi connectivity index (χ4n) is 2.53. The Hall–Kier alpha value is -2.61. The van der Waals surface area contributed by atoms with Crippen LogP contribution in [0.2, 0.25) is 0 Å². The van der Waals surface area contributed by atoms with Crippen LogP contribution in [0.1, 0.15) is 26.5 Å². The highest BCUT2D eigenvalue weighted by Gasteiger charge is 2.26. The van der Waals surface area contributed by atoms with Crippen molar-refractivity contribution in [1.82, 2.24) is 20.4 Å². The van der Waals surface area contributed by atoms with Gasteiger partial charge >= 0.3 is 0 Å². The summed E-state index contributed by atoms with van der Waals surface area (Å²) >= 11 is 0. The molecule has 8 nitrogen and oxygen atoms in total. The molecule has 2 aromatic heterocycles. The van der Waals surface area contributed by atoms with Crippen LogP contribution in [0.15, 0.2) is 29.1 Å². The largest absolute Gasteiger partial charge is 0.472 e. The normalized spacial score (nSPS) is 16.1. The van der Waals surface area contributed by atoms with E-state index in [9.17, 15) is 9.59 Å². The maximum absolute atomic E-state index is 12.0. The van der Waals surface area contributed by atoms with Crippen molar-refractivity contribution in [3.63, 3.8) is 0 Å². The van der Waals surface area contributed by atoms with E-state index in [2.05, 4.69) is 15.7 Å². The fourth-order valence-corrected chi connectivity index (χ4v) is 2.53. The van der Waals surface area contributed by atoms with Crippen LogP contribution in [0.25, 0.3) is 0 Å². The summed E-state index contributed by atoms with van der Waals surface area (Å²) in [6.45, 7) is 1.45. The number of carbonyl (C=O) groups excluding carboxylic acids is 2. The molecular formula is C15H18N4O4. The Bertz CT molecular complexity index is 669. The summed E-state index contributed by atoms with van der Waals surface area (Å²) in [5.41, 5.74) is 1.81. The molecule has 0 radical (unpaired) electrons. The molecular weight excluding hydrogens is 300 g/mol. The smallest absolute Gasteiger partial charge is 0.271 e. The minimum absolute atomic E-state index is 0.0366. The zero-order chi connectivity index (χ0) is 16.2. The van der Waals surface area contributed by atoms with Gasteiger partial charge in [-0.25, -0.2) is 0 Å². The number of nitrogens with one attached hydrogen (secondary N) is 2. The van der Waals surface area contributed by atoms with E-state index in [0.29, 0.717) is 37.4 Å². The first-order valence-corrected chi connectivity index (χ1v) is 7.34. The average Bonchev–Trinajstić information content (AvgIpc) is 3.22. The first-order valence-electron chi connectivity index (χ1n) is 7.34. The highest BCUT2D eigenvalue weighted by Crippen LogP contribution is 2.16. The molecule has 2 amide bonds. The Morgan fingerprint density at radius 3 is 3.04 bits per heavy atom. The Kier molecular flexibility index (Phi) is 4.42. The molecule has 1 atom stereocenters. The van der Waals surface area contributed by atoms with Gasteiger partial charge in [0, 0.05) is 25.8 Å². The summed E-state index contributed by atoms with van der Waals surface area (Å²) in [4.78, 5) is 23.9. The predicted octanol–water partition coefficient (Wildman–Crippen LogP) is 0.207. The predicted molar refractivity (Wildman–Crippen MR) is 80.1 cm³/mol. The first-order chi connectivity index (χ1) is 11.2. The van der Waals surface area contributed by atoms with Crippen molar-refractivity contribution in [3.05, 3.63) is 41.6 Å². The van der Waals surface area contributed by atoms with E-state index in [0.717, 1.165) is 5.69 Å². The molecule has 3 heterocycles. The Labute approximate surface area is 132 Å². The molecule has 2 N–H and O–H groups in total. The molecule has 0 bridgehead atoms. The van der Waals surface area contributed by atoms with Crippen LogP contribution >= 0.6 is 0 Å². The summed E-state index contributed by atoms with van der Waals surface area (Å²) in [5, 5.41) is 9.94. The third kappa shape index (κ3) is 3.42. The molecule has 0 spiro atoms. The molecule has 0 fully saturated rings. The number of aromatic nitrogens is 2. The monoisotopic (exact) mass is 318 g/mol. The molecule has 0 aromatic carbocycles. The molecule has 122 valence electrons. The molecule has 1 aliphatic rings. The van der Waals surface area contributed by atoms with Gasteiger partial charge in [0.05, 0.1) is 31.0 Å². The molecule has 0 aliphatic carbocycles. The van der Waals surface area contributed by atoms with Crippen LogP contribution in [0.5, 0.6) is 0 Å². The number of fused-ring (bicyclic) bond motifs is 1. The lowest BCUT2D eigenvalue weighted by atomic mass is 10.2. The number of furan rings is 1. The molecule has 0 saturated carbocycles. The van der Waals surface area contributed by atoms with Gasteiger partial charge in [0.1, 0.15) is 12.0 Å². The van der Waals surface area contributed by atoms with Gasteiger partial charge in [-0.2, -0.15) is 5.10 Å². The van der Waals surface area contributed by atoms with Gasteiger partial charge in [-0.3, -0.25) is 14.3 Å². The van der Waals surface area contributed by atoms with Crippen molar-refractivity contribution < 1.29 is 18.7 Å². The van der Waals surface area contributed by atoms with Gasteiger partial charge in [0.15, 0.2) is 0 Å². The van der Waals surface area contributed by atoms with Gasteiger partial charge in [0.2, 0.25) is 0 Å². The maximum atomic E-state index is 12.0. The van der Waals surface area contributed by atoms with Crippen molar-refractivity contribution in [1.29, 1.82) is 0 Å². The minimum Gasteiger partial charge on any atom is -0.472 e. The van der Waals surface area contributed by atoms with Crippen molar-refractivity contribution in [3.8, 4) is 0 Å². The lowest BCUT2D eigenvalue weighted by Crippen LogP contribution is -2.36. The molecule has 0 unspecified atom stereocenters. The van der Waals surface area contributed by atoms with Crippen molar-refractivity contribution in [2.75, 3.05) is 20.3 Å². The first kappa shape index (κ1) is 15.3. The highest BCUT2D eigenvalue weighted by atomic mass is 16.5. The zero-order valence-electron chi connectivity index (χ0n) is 12.7. The van der Waals surface area contributed by atoms with Crippen LogP contribution < -0.4 is 10.6 Å². The SMILES string of the molecule is COCCNC(=O)c1cc2n(n1)C[C@@H](NC(=O)c1ccoc1)C2. The minimum atomic E-state index is -0.220. The Balaban J connectivity index is 1.55. The van der Waals surface area contributed by atoms with Gasteiger partial charge in [-0.15, -0.1) is 0 Å². The lowest BCUT2D eigenvalue weighted by molar-refractivity contribution is 0.0921. The third-order valence-corrected chi connectivity index (χ3v) is 3.66. The molecule has 8 heteroatoms. The maximum Gasteiger partial charge on any atom is 0.271 e. The van der Waals surface area contributed by atoms with Gasteiger partial charge in [-0.1, -0.05) is 0 Å². The quantitative estimate of drug-likeness (QED) is 0.742. The van der Waals surface area contributed by atoms with E-state index in [1.165, 1.54) is 12.5 Å². The number of rotatable bonds is 6. The van der Waals surface area contributed by atoms with Gasteiger partial charge < -0.3 is 19.8 Å². The zero-order valence-corrected chi connectivity index (χ0v) is 12.7. The fraction of sp³-hybridized carbons (Fsp3) is 0.400. The van der Waals surface area contributed by atoms with Crippen molar-refractivity contribution in [2.45, 2.75) is 19.0 Å². The topological polar surface area (TPSA) is 98.4 Å². The van der Waals surface area contributed by atoms with Gasteiger partial charge in [0.25, 0.3) is 11.8 Å². The van der Waals surface area contributed by atoms with Crippen LogP contribution in [-0.4, -0.2) is 47.9 Å². The molecule has 1 aliphatic heterocycles. The number of amides is 2. The summed E-state index contributed by atoms with van der Waals surface area (Å²) in [6, 6.07) is 3.34. The Morgan fingerprint density at radius 2 is 2.35 bits per heavy atom. The van der Waals surface area contributed by atoms with Crippen LogP contribution in [0.4, 0.5) is 0 Å². The lowest BCUT2D eigenvalue weighted by Gasteiger charge is -2.10. The molecule has 2 aromatic rings. The summed E-state index contributed by atoms with van der Waals surface area (Å²) in [7, 11) is 1.58. The van der Waals surface area contributed by atoms with Crippen molar-refractivity contribution >= 4 is 11.8 Å². The standard InChI is InChI=1S/C15H18N4O4/c1-22-5-3-16-15(21)13-7-12-6-11(8-19(12)18-13)17-14(20)10-2-4-23-9-10/h2,4,7,9,11H,3,5-6,8H2,1H3,(H,16,21)(H,17,20)/t11-/m0/s1. The summed E-state index contributed by atoms with van der Waals surface area (Å²) in [5.74, 6) is -0.394. The molecule has 3 rings (SSSR count). The van der Waals surface area contributed by atoms with Crippen LogP contribution in [-0.2, 0) is 17.7 Å². The second kappa shape index (κ2) is 6.66. The number of ether oxygens (including phenoxy) is 1. The average molecular weight is 318 g/mol. The highest BCUT2D eigenvalue weighted by molar-refractivity contribution is 5.94. The number of methoxy groups -OCH3 is 1. The second-order valence-corrected chi connectivity index (χ2v) is 5.34. The van der Waals surface area contributed by atoms with Crippen LogP contribution in [0.3, 0.4) is 0 Å². The number of hydrogen-bond donors (Lipinski definition) is 2. The summed E-state index contributed by atoms with van der Waals surface area (Å²) in [6.07, 6.45) is 3.51. The third-order valence-electron chi connectivity index (χ3n) is 3.66. The van der Waals surface area contributed by atoms with E-state index in [1.807, 2.05) is 0 Å². The van der Waals surface area contributed by atoms with E-state index >= 15 is 0 Å². The van der Waals surface area contributed by atoms with E-state index in [4.69, 9.17) is 9.15 Å².